The maximum absolute atomic E-state index is 12.3. The molecule has 0 aliphatic heterocycles. The number of nitrogens with zero attached hydrogens (tertiary/aromatic N) is 3. The first-order chi connectivity index (χ1) is 14.0. The van der Waals surface area contributed by atoms with Gasteiger partial charge in [-0.05, 0) is 36.4 Å². The lowest BCUT2D eigenvalue weighted by Gasteiger charge is -2.04. The number of hydrogen-bond donors (Lipinski definition) is 1. The van der Waals surface area contributed by atoms with E-state index < -0.39 is 10.8 Å². The number of benzene rings is 2. The number of hydrogen-bond acceptors (Lipinski definition) is 7. The number of fused-ring (bicyclic) bond motifs is 1. The molecule has 0 bridgehead atoms. The van der Waals surface area contributed by atoms with E-state index in [4.69, 9.17) is 16.0 Å². The molecule has 144 valence electrons. The summed E-state index contributed by atoms with van der Waals surface area (Å²) < 4.78 is 13.9. The van der Waals surface area contributed by atoms with Crippen molar-refractivity contribution in [3.8, 4) is 11.3 Å². The molecule has 29 heavy (non-hydrogen) atoms. The van der Waals surface area contributed by atoms with Gasteiger partial charge in [0.15, 0.2) is 0 Å². The molecule has 0 atom stereocenters. The van der Waals surface area contributed by atoms with Gasteiger partial charge in [-0.1, -0.05) is 23.7 Å². The Bertz CT molecular complexity index is 1260. The summed E-state index contributed by atoms with van der Waals surface area (Å²) in [6.45, 7) is 0. The SMILES string of the molecule is O=C(/C=C/c1ccc(-c2ccccc2[N+](=O)[O-])o1)Nc1c(Cl)ccc2nsnc12. The average molecular weight is 427 g/mol. The van der Waals surface area contributed by atoms with E-state index >= 15 is 0 Å². The predicted octanol–water partition coefficient (Wildman–Crippen LogP) is 5.16. The van der Waals surface area contributed by atoms with E-state index in [1.54, 1.807) is 42.5 Å². The van der Waals surface area contributed by atoms with Crippen LogP contribution in [0.25, 0.3) is 28.4 Å². The van der Waals surface area contributed by atoms with E-state index in [-0.39, 0.29) is 5.69 Å². The molecule has 0 unspecified atom stereocenters. The zero-order chi connectivity index (χ0) is 20.4. The second-order valence-corrected chi connectivity index (χ2v) is 6.79. The van der Waals surface area contributed by atoms with Crippen molar-refractivity contribution in [2.45, 2.75) is 0 Å². The number of para-hydroxylation sites is 1. The largest absolute Gasteiger partial charge is 0.456 e. The Labute approximate surface area is 172 Å². The molecule has 2 heterocycles. The summed E-state index contributed by atoms with van der Waals surface area (Å²) in [6, 6.07) is 12.9. The van der Waals surface area contributed by atoms with Crippen molar-refractivity contribution < 1.29 is 14.1 Å². The van der Waals surface area contributed by atoms with E-state index in [1.165, 1.54) is 18.2 Å². The molecule has 0 radical (unpaired) electrons. The third-order valence-corrected chi connectivity index (χ3v) is 4.87. The van der Waals surface area contributed by atoms with Gasteiger partial charge in [0.05, 0.1) is 32.9 Å². The van der Waals surface area contributed by atoms with Crippen LogP contribution in [-0.2, 0) is 4.79 Å². The quantitative estimate of drug-likeness (QED) is 0.268. The third kappa shape index (κ3) is 3.86. The van der Waals surface area contributed by atoms with Gasteiger partial charge in [0, 0.05) is 12.1 Å². The summed E-state index contributed by atoms with van der Waals surface area (Å²) in [5.74, 6) is 0.266. The van der Waals surface area contributed by atoms with E-state index in [2.05, 4.69) is 14.1 Å². The molecular weight excluding hydrogens is 416 g/mol. The van der Waals surface area contributed by atoms with Crippen LogP contribution in [-0.4, -0.2) is 19.6 Å². The number of furan rings is 1. The van der Waals surface area contributed by atoms with Crippen molar-refractivity contribution in [3.63, 3.8) is 0 Å². The monoisotopic (exact) mass is 426 g/mol. The van der Waals surface area contributed by atoms with Crippen LogP contribution in [0.4, 0.5) is 11.4 Å². The zero-order valence-corrected chi connectivity index (χ0v) is 16.1. The third-order valence-electron chi connectivity index (χ3n) is 4.02. The van der Waals surface area contributed by atoms with Crippen LogP contribution in [0.5, 0.6) is 0 Å². The highest BCUT2D eigenvalue weighted by Crippen LogP contribution is 2.32. The summed E-state index contributed by atoms with van der Waals surface area (Å²) in [4.78, 5) is 23.0. The molecule has 0 saturated carbocycles. The minimum atomic E-state index is -0.474. The number of anilines is 1. The summed E-state index contributed by atoms with van der Waals surface area (Å²) in [5.41, 5.74) is 1.83. The number of nitrogens with one attached hydrogen (secondary N) is 1. The lowest BCUT2D eigenvalue weighted by Crippen LogP contribution is -2.08. The number of aromatic nitrogens is 2. The van der Waals surface area contributed by atoms with Gasteiger partial charge < -0.3 is 9.73 Å². The van der Waals surface area contributed by atoms with Gasteiger partial charge in [-0.15, -0.1) is 0 Å². The number of carbonyl (C=O) groups excluding carboxylic acids is 1. The molecule has 2 aromatic carbocycles. The summed E-state index contributed by atoms with van der Waals surface area (Å²) >= 11 is 7.18. The summed E-state index contributed by atoms with van der Waals surface area (Å²) in [5, 5.41) is 14.2. The second kappa shape index (κ2) is 7.82. The molecule has 2 aromatic heterocycles. The number of carbonyl (C=O) groups is 1. The molecular formula is C19H11ClN4O4S. The first-order valence-electron chi connectivity index (χ1n) is 8.26. The molecule has 0 fully saturated rings. The fraction of sp³-hybridized carbons (Fsp3) is 0. The van der Waals surface area contributed by atoms with Gasteiger partial charge in [-0.3, -0.25) is 14.9 Å². The van der Waals surface area contributed by atoms with Crippen LogP contribution in [0, 0.1) is 10.1 Å². The van der Waals surface area contributed by atoms with Crippen molar-refractivity contribution in [3.05, 3.63) is 75.5 Å². The first kappa shape index (κ1) is 18.8. The van der Waals surface area contributed by atoms with Crippen molar-refractivity contribution in [1.29, 1.82) is 0 Å². The number of nitro benzene ring substituents is 1. The number of nitro groups is 1. The summed E-state index contributed by atoms with van der Waals surface area (Å²) in [6.07, 6.45) is 2.73. The van der Waals surface area contributed by atoms with Gasteiger partial charge in [0.1, 0.15) is 22.6 Å². The molecule has 4 aromatic rings. The normalized spacial score (nSPS) is 11.2. The van der Waals surface area contributed by atoms with Crippen LogP contribution >= 0.6 is 23.3 Å². The van der Waals surface area contributed by atoms with Crippen LogP contribution in [0.1, 0.15) is 5.76 Å². The maximum atomic E-state index is 12.3. The summed E-state index contributed by atoms with van der Waals surface area (Å²) in [7, 11) is 0. The van der Waals surface area contributed by atoms with E-state index in [9.17, 15) is 14.9 Å². The van der Waals surface area contributed by atoms with Gasteiger partial charge in [0.25, 0.3) is 5.69 Å². The minimum absolute atomic E-state index is 0.0604. The van der Waals surface area contributed by atoms with Crippen LogP contribution in [0.2, 0.25) is 5.02 Å². The van der Waals surface area contributed by atoms with Crippen molar-refractivity contribution in [1.82, 2.24) is 8.75 Å². The van der Waals surface area contributed by atoms with Crippen molar-refractivity contribution >= 4 is 57.7 Å². The molecule has 0 spiro atoms. The highest BCUT2D eigenvalue weighted by Gasteiger charge is 2.17. The van der Waals surface area contributed by atoms with E-state index in [0.717, 1.165) is 11.7 Å². The van der Waals surface area contributed by atoms with E-state index in [0.29, 0.717) is 38.8 Å². The first-order valence-corrected chi connectivity index (χ1v) is 9.37. The number of halogens is 1. The predicted molar refractivity (Wildman–Crippen MR) is 111 cm³/mol. The van der Waals surface area contributed by atoms with Gasteiger partial charge >= 0.3 is 0 Å². The lowest BCUT2D eigenvalue weighted by molar-refractivity contribution is -0.384. The lowest BCUT2D eigenvalue weighted by atomic mass is 10.1. The highest BCUT2D eigenvalue weighted by atomic mass is 35.5. The molecule has 0 aliphatic rings. The standard InChI is InChI=1S/C19H11ClN4O4S/c20-13-7-8-14-19(23-29-22-14)18(13)21-17(25)10-6-11-5-9-16(28-11)12-3-1-2-4-15(12)24(26)27/h1-10H,(H,21,25)/b10-6+. The van der Waals surface area contributed by atoms with Gasteiger partial charge in [-0.2, -0.15) is 8.75 Å². The molecule has 1 N–H and O–H groups in total. The van der Waals surface area contributed by atoms with Crippen molar-refractivity contribution in [2.75, 3.05) is 5.32 Å². The molecule has 1 amide bonds. The minimum Gasteiger partial charge on any atom is -0.456 e. The Hall–Kier alpha value is -3.56. The number of rotatable bonds is 5. The Morgan fingerprint density at radius 2 is 2.00 bits per heavy atom. The molecule has 10 heteroatoms. The van der Waals surface area contributed by atoms with Crippen molar-refractivity contribution in [2.24, 2.45) is 0 Å². The van der Waals surface area contributed by atoms with E-state index in [1.807, 2.05) is 0 Å². The smallest absolute Gasteiger partial charge is 0.280 e. The number of amides is 1. The van der Waals surface area contributed by atoms with Crippen LogP contribution in [0.3, 0.4) is 0 Å². The highest BCUT2D eigenvalue weighted by molar-refractivity contribution is 7.00. The maximum Gasteiger partial charge on any atom is 0.280 e. The van der Waals surface area contributed by atoms with Crippen LogP contribution in [0.15, 0.2) is 59.0 Å². The van der Waals surface area contributed by atoms with Gasteiger partial charge in [-0.25, -0.2) is 0 Å². The Morgan fingerprint density at radius 1 is 1.17 bits per heavy atom. The Morgan fingerprint density at radius 3 is 2.83 bits per heavy atom. The fourth-order valence-corrected chi connectivity index (χ4v) is 3.44. The topological polar surface area (TPSA) is 111 Å². The fourth-order valence-electron chi connectivity index (χ4n) is 2.70. The second-order valence-electron chi connectivity index (χ2n) is 5.85. The Balaban J connectivity index is 1.53. The zero-order valence-electron chi connectivity index (χ0n) is 14.5. The molecule has 4 rings (SSSR count). The molecule has 0 aliphatic carbocycles. The Kier molecular flexibility index (Phi) is 5.07. The van der Waals surface area contributed by atoms with Gasteiger partial charge in [0.2, 0.25) is 5.91 Å². The molecule has 8 nitrogen and oxygen atoms in total. The molecule has 0 saturated heterocycles. The van der Waals surface area contributed by atoms with Crippen LogP contribution < -0.4 is 5.32 Å². The average Bonchev–Trinajstić information content (AvgIpc) is 3.38.